The molecule has 0 radical (unpaired) electrons. The molecular weight excluding hydrogens is 534 g/mol. The average molecular weight is 542 g/mol. The molecule has 2 heterocycles. The molecule has 4 aromatic rings. The summed E-state index contributed by atoms with van der Waals surface area (Å²) in [6, 6.07) is 13.4. The van der Waals surface area contributed by atoms with Crippen molar-refractivity contribution in [2.75, 3.05) is 0 Å². The second kappa shape index (κ2) is 6.79. The quantitative estimate of drug-likeness (QED) is 0.260. The van der Waals surface area contributed by atoms with Gasteiger partial charge in [0.15, 0.2) is 10.8 Å². The number of carbonyl (C=O) groups excluding carboxylic acids is 1. The zero-order chi connectivity index (χ0) is 17.6. The molecule has 0 fully saturated rings. The van der Waals surface area contributed by atoms with E-state index in [-0.39, 0.29) is 11.5 Å². The maximum Gasteiger partial charge on any atom is 0.256 e. The number of benzene rings is 2. The summed E-state index contributed by atoms with van der Waals surface area (Å²) in [5.74, 6) is 0.0677. The highest BCUT2D eigenvalue weighted by molar-refractivity contribution is 9.11. The van der Waals surface area contributed by atoms with E-state index in [0.29, 0.717) is 10.6 Å². The van der Waals surface area contributed by atoms with Crippen molar-refractivity contribution >= 4 is 75.9 Å². The summed E-state index contributed by atoms with van der Waals surface area (Å²) in [7, 11) is 0. The zero-order valence-electron chi connectivity index (χ0n) is 12.4. The summed E-state index contributed by atoms with van der Waals surface area (Å²) in [6.45, 7) is 0. The van der Waals surface area contributed by atoms with Crippen LogP contribution in [-0.2, 0) is 0 Å². The number of thiazole rings is 1. The molecule has 0 aliphatic rings. The van der Waals surface area contributed by atoms with Gasteiger partial charge in [0.1, 0.15) is 5.58 Å². The highest BCUT2D eigenvalue weighted by atomic mass is 79.9. The lowest BCUT2D eigenvalue weighted by Gasteiger charge is -1.96. The van der Waals surface area contributed by atoms with Gasteiger partial charge in [0, 0.05) is 25.3 Å². The standard InChI is InChI=1S/C18H8Br3NO2S/c19-11-3-1-9(2-4-11)14-8-25-18(22-14)16(23)15-6-10-5-12(20)7-13(21)17(10)24-15/h1-8H. The lowest BCUT2D eigenvalue weighted by Crippen LogP contribution is -1.98. The molecule has 0 N–H and O–H groups in total. The second-order valence-electron chi connectivity index (χ2n) is 5.29. The van der Waals surface area contributed by atoms with Gasteiger partial charge in [0.05, 0.1) is 10.2 Å². The van der Waals surface area contributed by atoms with Crippen LogP contribution in [0.1, 0.15) is 15.6 Å². The Morgan fingerprint density at radius 2 is 1.76 bits per heavy atom. The normalized spacial score (nSPS) is 11.2. The molecule has 2 aromatic carbocycles. The Kier molecular flexibility index (Phi) is 4.66. The van der Waals surface area contributed by atoms with Gasteiger partial charge in [0.25, 0.3) is 5.78 Å². The molecule has 25 heavy (non-hydrogen) atoms. The van der Waals surface area contributed by atoms with Crippen molar-refractivity contribution in [3.8, 4) is 11.3 Å². The van der Waals surface area contributed by atoms with Gasteiger partial charge in [-0.3, -0.25) is 4.79 Å². The number of aromatic nitrogens is 1. The molecule has 0 saturated heterocycles. The van der Waals surface area contributed by atoms with E-state index in [1.54, 1.807) is 6.07 Å². The third kappa shape index (κ3) is 3.38. The van der Waals surface area contributed by atoms with Crippen molar-refractivity contribution in [1.29, 1.82) is 0 Å². The van der Waals surface area contributed by atoms with Gasteiger partial charge in [-0.15, -0.1) is 11.3 Å². The molecule has 0 amide bonds. The van der Waals surface area contributed by atoms with Crippen molar-refractivity contribution in [3.63, 3.8) is 0 Å². The Balaban J connectivity index is 1.70. The number of furan rings is 1. The van der Waals surface area contributed by atoms with Crippen LogP contribution < -0.4 is 0 Å². The molecule has 7 heteroatoms. The summed E-state index contributed by atoms with van der Waals surface area (Å²) in [5.41, 5.74) is 2.40. The van der Waals surface area contributed by atoms with Crippen LogP contribution in [0.2, 0.25) is 0 Å². The van der Waals surface area contributed by atoms with E-state index >= 15 is 0 Å². The first-order valence-corrected chi connectivity index (χ1v) is 10.4. The first-order chi connectivity index (χ1) is 12.0. The van der Waals surface area contributed by atoms with Crippen LogP contribution in [0, 0.1) is 0 Å². The van der Waals surface area contributed by atoms with Gasteiger partial charge in [-0.05, 0) is 46.3 Å². The lowest BCUT2D eigenvalue weighted by molar-refractivity contribution is 0.101. The van der Waals surface area contributed by atoms with Crippen LogP contribution in [0.3, 0.4) is 0 Å². The number of fused-ring (bicyclic) bond motifs is 1. The highest BCUT2D eigenvalue weighted by Crippen LogP contribution is 2.32. The van der Waals surface area contributed by atoms with Crippen LogP contribution >= 0.6 is 59.1 Å². The fourth-order valence-corrected chi connectivity index (χ4v) is 4.80. The van der Waals surface area contributed by atoms with Crippen molar-refractivity contribution in [3.05, 3.63) is 72.0 Å². The van der Waals surface area contributed by atoms with Crippen LogP contribution in [-0.4, -0.2) is 10.8 Å². The molecule has 0 unspecified atom stereocenters. The number of carbonyl (C=O) groups is 1. The fraction of sp³-hybridized carbons (Fsp3) is 0. The van der Waals surface area contributed by atoms with E-state index in [1.807, 2.05) is 41.8 Å². The first kappa shape index (κ1) is 17.1. The molecule has 2 aromatic heterocycles. The van der Waals surface area contributed by atoms with E-state index in [0.717, 1.165) is 30.1 Å². The maximum atomic E-state index is 12.7. The summed E-state index contributed by atoms with van der Waals surface area (Å²) < 4.78 is 8.46. The van der Waals surface area contributed by atoms with Gasteiger partial charge in [-0.1, -0.05) is 44.0 Å². The van der Waals surface area contributed by atoms with Gasteiger partial charge >= 0.3 is 0 Å². The Labute approximate surface area is 172 Å². The third-order valence-electron chi connectivity index (χ3n) is 3.60. The summed E-state index contributed by atoms with van der Waals surface area (Å²) in [5, 5.41) is 3.15. The minimum absolute atomic E-state index is 0.215. The zero-order valence-corrected chi connectivity index (χ0v) is 18.0. The lowest BCUT2D eigenvalue weighted by atomic mass is 10.2. The minimum Gasteiger partial charge on any atom is -0.451 e. The molecule has 0 aliphatic carbocycles. The molecule has 0 aliphatic heterocycles. The van der Waals surface area contributed by atoms with Gasteiger partial charge < -0.3 is 4.42 Å². The number of hydrogen-bond acceptors (Lipinski definition) is 4. The summed E-state index contributed by atoms with van der Waals surface area (Å²) in [6.07, 6.45) is 0. The Morgan fingerprint density at radius 3 is 2.52 bits per heavy atom. The molecule has 0 atom stereocenters. The number of hydrogen-bond donors (Lipinski definition) is 0. The monoisotopic (exact) mass is 539 g/mol. The minimum atomic E-state index is -0.215. The Bertz CT molecular complexity index is 1100. The summed E-state index contributed by atoms with van der Waals surface area (Å²) >= 11 is 11.6. The van der Waals surface area contributed by atoms with Gasteiger partial charge in [-0.2, -0.15) is 0 Å². The van der Waals surface area contributed by atoms with E-state index in [2.05, 4.69) is 52.8 Å². The second-order valence-corrected chi connectivity index (χ2v) is 8.83. The average Bonchev–Trinajstić information content (AvgIpc) is 3.22. The largest absolute Gasteiger partial charge is 0.451 e. The first-order valence-electron chi connectivity index (χ1n) is 7.16. The van der Waals surface area contributed by atoms with E-state index in [1.165, 1.54) is 11.3 Å². The van der Waals surface area contributed by atoms with Crippen LogP contribution in [0.4, 0.5) is 0 Å². The molecule has 0 bridgehead atoms. The number of ketones is 1. The van der Waals surface area contributed by atoms with Crippen molar-refractivity contribution in [2.24, 2.45) is 0 Å². The van der Waals surface area contributed by atoms with E-state index < -0.39 is 0 Å². The maximum absolute atomic E-state index is 12.7. The predicted molar refractivity (Wildman–Crippen MR) is 110 cm³/mol. The molecule has 3 nitrogen and oxygen atoms in total. The SMILES string of the molecule is O=C(c1cc2cc(Br)cc(Br)c2o1)c1nc(-c2ccc(Br)cc2)cs1. The summed E-state index contributed by atoms with van der Waals surface area (Å²) in [4.78, 5) is 17.2. The molecule has 0 spiro atoms. The highest BCUT2D eigenvalue weighted by Gasteiger charge is 2.20. The predicted octanol–water partition coefficient (Wildman–Crippen LogP) is 7.07. The van der Waals surface area contributed by atoms with Crippen molar-refractivity contribution in [1.82, 2.24) is 4.98 Å². The number of rotatable bonds is 3. The Hall–Kier alpha value is -1.28. The van der Waals surface area contributed by atoms with Crippen LogP contribution in [0.25, 0.3) is 22.2 Å². The third-order valence-corrected chi connectivity index (χ3v) is 6.01. The van der Waals surface area contributed by atoms with Crippen molar-refractivity contribution < 1.29 is 9.21 Å². The van der Waals surface area contributed by atoms with Crippen LogP contribution in [0.5, 0.6) is 0 Å². The fourth-order valence-electron chi connectivity index (χ4n) is 2.42. The van der Waals surface area contributed by atoms with Crippen molar-refractivity contribution in [2.45, 2.75) is 0 Å². The number of nitrogens with zero attached hydrogens (tertiary/aromatic N) is 1. The molecule has 0 saturated carbocycles. The topological polar surface area (TPSA) is 43.1 Å². The Morgan fingerprint density at radius 1 is 1.00 bits per heavy atom. The van der Waals surface area contributed by atoms with E-state index in [4.69, 9.17) is 4.42 Å². The smallest absolute Gasteiger partial charge is 0.256 e. The molecular formula is C18H8Br3NO2S. The molecule has 4 rings (SSSR count). The van der Waals surface area contributed by atoms with E-state index in [9.17, 15) is 4.79 Å². The van der Waals surface area contributed by atoms with Crippen LogP contribution in [0.15, 0.2) is 65.7 Å². The number of halogens is 3. The van der Waals surface area contributed by atoms with Gasteiger partial charge in [0.2, 0.25) is 0 Å². The van der Waals surface area contributed by atoms with Gasteiger partial charge in [-0.25, -0.2) is 4.98 Å². The molecule has 124 valence electrons.